The van der Waals surface area contributed by atoms with Crippen molar-refractivity contribution < 1.29 is 4.74 Å². The smallest absolute Gasteiger partial charge is 0.0530 e. The van der Waals surface area contributed by atoms with Crippen molar-refractivity contribution in [3.8, 4) is 0 Å². The molecule has 20 heavy (non-hydrogen) atoms. The third-order valence-electron chi connectivity index (χ3n) is 4.10. The Morgan fingerprint density at radius 3 is 2.20 bits per heavy atom. The number of hydrogen-bond acceptors (Lipinski definition) is 2. The predicted molar refractivity (Wildman–Crippen MR) is 90.3 cm³/mol. The molecule has 0 aliphatic carbocycles. The van der Waals surface area contributed by atoms with E-state index in [0.29, 0.717) is 5.41 Å². The van der Waals surface area contributed by atoms with Crippen LogP contribution in [0.4, 0.5) is 0 Å². The molecule has 0 rings (SSSR count). The molecule has 0 amide bonds. The largest absolute Gasteiger partial charge is 0.384 e. The monoisotopic (exact) mass is 285 g/mol. The van der Waals surface area contributed by atoms with E-state index in [9.17, 15) is 0 Å². The van der Waals surface area contributed by atoms with E-state index in [4.69, 9.17) is 4.74 Å². The molecule has 1 unspecified atom stereocenters. The molecular formula is C18H39NO. The van der Waals surface area contributed by atoms with Crippen LogP contribution in [0.3, 0.4) is 0 Å². The second kappa shape index (κ2) is 12.6. The van der Waals surface area contributed by atoms with Gasteiger partial charge in [0.1, 0.15) is 0 Å². The van der Waals surface area contributed by atoms with Crippen molar-refractivity contribution in [1.82, 2.24) is 5.32 Å². The fourth-order valence-corrected chi connectivity index (χ4v) is 3.29. The van der Waals surface area contributed by atoms with Gasteiger partial charge in [0.25, 0.3) is 0 Å². The zero-order valence-electron chi connectivity index (χ0n) is 14.8. The average molecular weight is 286 g/mol. The van der Waals surface area contributed by atoms with Crippen LogP contribution >= 0.6 is 0 Å². The van der Waals surface area contributed by atoms with Crippen LogP contribution in [0.25, 0.3) is 0 Å². The van der Waals surface area contributed by atoms with Gasteiger partial charge >= 0.3 is 0 Å². The lowest BCUT2D eigenvalue weighted by Gasteiger charge is -2.35. The van der Waals surface area contributed by atoms with E-state index in [-0.39, 0.29) is 0 Å². The molecule has 0 aromatic carbocycles. The Hall–Kier alpha value is -0.0800. The molecule has 0 aliphatic heterocycles. The molecule has 122 valence electrons. The quantitative estimate of drug-likeness (QED) is 0.452. The Morgan fingerprint density at radius 2 is 1.65 bits per heavy atom. The minimum atomic E-state index is 0.337. The van der Waals surface area contributed by atoms with Crippen LogP contribution in [-0.2, 0) is 4.74 Å². The van der Waals surface area contributed by atoms with Gasteiger partial charge in [-0.15, -0.1) is 0 Å². The number of unbranched alkanes of at least 4 members (excludes halogenated alkanes) is 5. The summed E-state index contributed by atoms with van der Waals surface area (Å²) in [5, 5.41) is 3.56. The third kappa shape index (κ3) is 9.77. The summed E-state index contributed by atoms with van der Waals surface area (Å²) < 4.78 is 5.56. The van der Waals surface area contributed by atoms with Gasteiger partial charge in [-0.05, 0) is 25.3 Å². The van der Waals surface area contributed by atoms with Crippen molar-refractivity contribution in [2.45, 2.75) is 79.1 Å². The number of ether oxygens (including phenoxy) is 1. The molecule has 0 aromatic heterocycles. The number of rotatable bonds is 14. The van der Waals surface area contributed by atoms with Crippen molar-refractivity contribution in [3.05, 3.63) is 0 Å². The lowest BCUT2D eigenvalue weighted by atomic mass is 9.76. The number of hydrogen-bond donors (Lipinski definition) is 1. The van der Waals surface area contributed by atoms with Crippen LogP contribution < -0.4 is 5.32 Å². The lowest BCUT2D eigenvalue weighted by Crippen LogP contribution is -2.39. The van der Waals surface area contributed by atoms with Crippen molar-refractivity contribution >= 4 is 0 Å². The summed E-state index contributed by atoms with van der Waals surface area (Å²) >= 11 is 0. The Bertz CT molecular complexity index is 206. The predicted octanol–water partition coefficient (Wildman–Crippen LogP) is 5.03. The normalized spacial score (nSPS) is 14.7. The Morgan fingerprint density at radius 1 is 1.00 bits per heavy atom. The maximum Gasteiger partial charge on any atom is 0.0530 e. The summed E-state index contributed by atoms with van der Waals surface area (Å²) in [7, 11) is 1.85. The summed E-state index contributed by atoms with van der Waals surface area (Å²) in [6, 6.07) is 0. The maximum atomic E-state index is 5.56. The Labute approximate surface area is 128 Å². The van der Waals surface area contributed by atoms with E-state index >= 15 is 0 Å². The summed E-state index contributed by atoms with van der Waals surface area (Å²) in [4.78, 5) is 0. The molecule has 2 heteroatoms. The first-order chi connectivity index (χ1) is 9.60. The van der Waals surface area contributed by atoms with Gasteiger partial charge in [-0.3, -0.25) is 0 Å². The van der Waals surface area contributed by atoms with Crippen molar-refractivity contribution in [2.75, 3.05) is 26.8 Å². The van der Waals surface area contributed by atoms with Gasteiger partial charge in [0, 0.05) is 19.1 Å². The Kier molecular flexibility index (Phi) is 12.6. The molecular weight excluding hydrogens is 246 g/mol. The van der Waals surface area contributed by atoms with Crippen LogP contribution in [0.5, 0.6) is 0 Å². The summed E-state index contributed by atoms with van der Waals surface area (Å²) in [5.41, 5.74) is 0.337. The van der Waals surface area contributed by atoms with E-state index in [1.807, 2.05) is 7.11 Å². The van der Waals surface area contributed by atoms with Gasteiger partial charge in [0.05, 0.1) is 6.61 Å². The van der Waals surface area contributed by atoms with Gasteiger partial charge in [0.2, 0.25) is 0 Å². The van der Waals surface area contributed by atoms with Crippen LogP contribution in [-0.4, -0.2) is 26.8 Å². The van der Waals surface area contributed by atoms with E-state index < -0.39 is 0 Å². The molecule has 0 bridgehead atoms. The fourth-order valence-electron chi connectivity index (χ4n) is 3.29. The molecule has 0 fully saturated rings. The molecule has 0 radical (unpaired) electrons. The van der Waals surface area contributed by atoms with Crippen LogP contribution in [0.15, 0.2) is 0 Å². The summed E-state index contributed by atoms with van der Waals surface area (Å²) in [6.07, 6.45) is 10.8. The molecule has 2 nitrogen and oxygen atoms in total. The van der Waals surface area contributed by atoms with Crippen molar-refractivity contribution in [1.29, 1.82) is 0 Å². The number of methoxy groups -OCH3 is 1. The second-order valence-corrected chi connectivity index (χ2v) is 6.83. The van der Waals surface area contributed by atoms with Crippen LogP contribution in [0.1, 0.15) is 79.1 Å². The highest BCUT2D eigenvalue weighted by molar-refractivity contribution is 4.83. The zero-order chi connectivity index (χ0) is 15.3. The third-order valence-corrected chi connectivity index (χ3v) is 4.10. The summed E-state index contributed by atoms with van der Waals surface area (Å²) in [6.45, 7) is 12.2. The molecule has 0 saturated heterocycles. The fraction of sp³-hybridized carbons (Fsp3) is 1.00. The van der Waals surface area contributed by atoms with Gasteiger partial charge in [0.15, 0.2) is 0 Å². The van der Waals surface area contributed by atoms with E-state index in [0.717, 1.165) is 25.6 Å². The molecule has 1 N–H and O–H groups in total. The topological polar surface area (TPSA) is 21.3 Å². The average Bonchev–Trinajstić information content (AvgIpc) is 2.40. The van der Waals surface area contributed by atoms with Gasteiger partial charge < -0.3 is 10.1 Å². The lowest BCUT2D eigenvalue weighted by molar-refractivity contribution is 0.0527. The van der Waals surface area contributed by atoms with E-state index in [1.165, 1.54) is 51.4 Å². The summed E-state index contributed by atoms with van der Waals surface area (Å²) in [5.74, 6) is 0.740. The standard InChI is InChI=1S/C18H39NO/c1-6-8-9-10-11-12-13-18(16-20-5,14-17(3)4)15-19-7-2/h17,19H,6-16H2,1-5H3. The number of nitrogens with one attached hydrogen (secondary N) is 1. The zero-order valence-corrected chi connectivity index (χ0v) is 14.8. The minimum Gasteiger partial charge on any atom is -0.384 e. The molecule has 0 saturated carbocycles. The van der Waals surface area contributed by atoms with Crippen molar-refractivity contribution in [2.24, 2.45) is 11.3 Å². The minimum absolute atomic E-state index is 0.337. The van der Waals surface area contributed by atoms with Crippen LogP contribution in [0, 0.1) is 11.3 Å². The van der Waals surface area contributed by atoms with Gasteiger partial charge in [-0.1, -0.05) is 66.2 Å². The molecule has 0 aliphatic rings. The van der Waals surface area contributed by atoms with Gasteiger partial charge in [-0.2, -0.15) is 0 Å². The molecule has 0 spiro atoms. The van der Waals surface area contributed by atoms with Gasteiger partial charge in [-0.25, -0.2) is 0 Å². The highest BCUT2D eigenvalue weighted by Crippen LogP contribution is 2.32. The highest BCUT2D eigenvalue weighted by Gasteiger charge is 2.30. The first kappa shape index (κ1) is 19.9. The highest BCUT2D eigenvalue weighted by atomic mass is 16.5. The first-order valence-corrected chi connectivity index (χ1v) is 8.80. The maximum absolute atomic E-state index is 5.56. The first-order valence-electron chi connectivity index (χ1n) is 8.80. The van der Waals surface area contributed by atoms with E-state index in [2.05, 4.69) is 33.0 Å². The van der Waals surface area contributed by atoms with E-state index in [1.54, 1.807) is 0 Å². The van der Waals surface area contributed by atoms with Crippen LogP contribution in [0.2, 0.25) is 0 Å². The van der Waals surface area contributed by atoms with Crippen molar-refractivity contribution in [3.63, 3.8) is 0 Å². The molecule has 0 aromatic rings. The Balaban J connectivity index is 4.25. The molecule has 1 atom stereocenters. The molecule has 0 heterocycles. The second-order valence-electron chi connectivity index (χ2n) is 6.83. The SMILES string of the molecule is CCCCCCCCC(CNCC)(COC)CC(C)C.